The van der Waals surface area contributed by atoms with Crippen LogP contribution in [0, 0.1) is 0 Å². The summed E-state index contributed by atoms with van der Waals surface area (Å²) in [6.45, 7) is 0. The summed E-state index contributed by atoms with van der Waals surface area (Å²) in [6.07, 6.45) is -9.13. The Bertz CT molecular complexity index is 197. The molecule has 0 aliphatic carbocycles. The van der Waals surface area contributed by atoms with E-state index in [1.807, 2.05) is 0 Å². The minimum absolute atomic E-state index is 0.130. The summed E-state index contributed by atoms with van der Waals surface area (Å²) in [5, 5.41) is 0.130. The highest BCUT2D eigenvalue weighted by Gasteiger charge is 2.34. The fourth-order valence-corrected chi connectivity index (χ4v) is 0.859. The zero-order valence-electron chi connectivity index (χ0n) is 6.65. The first kappa shape index (κ1) is 14.2. The van der Waals surface area contributed by atoms with Crippen molar-refractivity contribution in [3.05, 3.63) is 0 Å². The fraction of sp³-hybridized carbons (Fsp3) is 0.833. The van der Waals surface area contributed by atoms with Crippen molar-refractivity contribution in [2.24, 2.45) is 0 Å². The van der Waals surface area contributed by atoms with E-state index in [4.69, 9.17) is 0 Å². The number of rotatable bonds is 4. The highest BCUT2D eigenvalue weighted by Crippen LogP contribution is 2.24. The molecule has 2 atom stereocenters. The third-order valence-corrected chi connectivity index (χ3v) is 3.24. The van der Waals surface area contributed by atoms with Crippen molar-refractivity contribution in [3.63, 3.8) is 0 Å². The summed E-state index contributed by atoms with van der Waals surface area (Å²) in [5.41, 5.74) is 0. The van der Waals surface area contributed by atoms with Crippen LogP contribution in [-0.4, -0.2) is 28.7 Å². The molecule has 2 unspecified atom stereocenters. The highest BCUT2D eigenvalue weighted by atomic mass is 79.9. The lowest BCUT2D eigenvalue weighted by Crippen LogP contribution is -2.26. The number of hydrogen-bond donors (Lipinski definition) is 0. The molecule has 84 valence electrons. The van der Waals surface area contributed by atoms with Crippen molar-refractivity contribution in [3.8, 4) is 0 Å². The van der Waals surface area contributed by atoms with Crippen molar-refractivity contribution < 1.29 is 27.1 Å². The number of halogens is 6. The largest absolute Gasteiger partial charge is 0.430 e. The first-order chi connectivity index (χ1) is 6.26. The Labute approximate surface area is 94.2 Å². The summed E-state index contributed by atoms with van der Waals surface area (Å²) in [5.74, 6) is -1.07. The Hall–Kier alpha value is 0.150. The minimum atomic E-state index is -4.68. The molecule has 2 nitrogen and oxygen atoms in total. The number of ether oxygens (including phenoxy) is 1. The predicted octanol–water partition coefficient (Wildman–Crippen LogP) is 2.94. The molecule has 0 radical (unpaired) electrons. The van der Waals surface area contributed by atoms with Crippen molar-refractivity contribution in [2.45, 2.75) is 23.8 Å². The fourth-order valence-electron chi connectivity index (χ4n) is 0.486. The lowest BCUT2D eigenvalue weighted by molar-refractivity contribution is -0.189. The van der Waals surface area contributed by atoms with E-state index in [0.717, 1.165) is 0 Å². The molecule has 0 amide bonds. The molecule has 0 aromatic rings. The van der Waals surface area contributed by atoms with E-state index in [0.29, 0.717) is 0 Å². The molecular formula is C6H6Br2F4O2. The molecular weight excluding hydrogens is 340 g/mol. The summed E-state index contributed by atoms with van der Waals surface area (Å²) in [7, 11) is 0. The number of alkyl halides is 6. The second-order valence-corrected chi connectivity index (χ2v) is 4.04. The van der Waals surface area contributed by atoms with E-state index in [1.165, 1.54) is 0 Å². The normalized spacial score (nSPS) is 16.1. The van der Waals surface area contributed by atoms with Crippen LogP contribution in [0.15, 0.2) is 0 Å². The molecule has 0 aromatic carbocycles. The maximum absolute atomic E-state index is 12.4. The number of carbonyl (C=O) groups excluding carboxylic acids is 1. The van der Waals surface area contributed by atoms with Gasteiger partial charge in [0.15, 0.2) is 0 Å². The van der Waals surface area contributed by atoms with Crippen molar-refractivity contribution in [1.82, 2.24) is 0 Å². The lowest BCUT2D eigenvalue weighted by Gasteiger charge is -2.13. The summed E-state index contributed by atoms with van der Waals surface area (Å²) >= 11 is 5.66. The average Bonchev–Trinajstić information content (AvgIpc) is 1.99. The molecule has 0 aromatic heterocycles. The van der Waals surface area contributed by atoms with Gasteiger partial charge >= 0.3 is 12.1 Å². The minimum Gasteiger partial charge on any atom is -0.430 e. The van der Waals surface area contributed by atoms with Gasteiger partial charge in [0.05, 0.1) is 0 Å². The van der Waals surface area contributed by atoms with Crippen LogP contribution in [0.1, 0.15) is 6.42 Å². The first-order valence-electron chi connectivity index (χ1n) is 3.37. The summed E-state index contributed by atoms with van der Waals surface area (Å²) < 4.78 is 51.1. The molecule has 0 aliphatic heterocycles. The van der Waals surface area contributed by atoms with Gasteiger partial charge in [-0.2, -0.15) is 13.2 Å². The zero-order chi connectivity index (χ0) is 11.4. The maximum Gasteiger partial charge on any atom is 0.395 e. The second-order valence-electron chi connectivity index (χ2n) is 2.29. The van der Waals surface area contributed by atoms with Gasteiger partial charge in [-0.3, -0.25) is 4.79 Å². The molecule has 14 heavy (non-hydrogen) atoms. The molecule has 0 heterocycles. The van der Waals surface area contributed by atoms with E-state index in [-0.39, 0.29) is 5.33 Å². The molecule has 0 rings (SSSR count). The molecule has 0 saturated heterocycles. The van der Waals surface area contributed by atoms with E-state index in [2.05, 4.69) is 36.6 Å². The molecule has 0 aliphatic rings. The van der Waals surface area contributed by atoms with Gasteiger partial charge < -0.3 is 4.74 Å². The first-order valence-corrected chi connectivity index (χ1v) is 5.41. The van der Waals surface area contributed by atoms with Crippen molar-refractivity contribution >= 4 is 37.8 Å². The smallest absolute Gasteiger partial charge is 0.395 e. The highest BCUT2D eigenvalue weighted by molar-refractivity contribution is 9.12. The van der Waals surface area contributed by atoms with Gasteiger partial charge in [-0.25, -0.2) is 4.39 Å². The van der Waals surface area contributed by atoms with E-state index in [1.54, 1.807) is 0 Å². The van der Waals surface area contributed by atoms with Gasteiger partial charge in [0, 0.05) is 5.33 Å². The summed E-state index contributed by atoms with van der Waals surface area (Å²) in [4.78, 5) is 9.91. The van der Waals surface area contributed by atoms with Gasteiger partial charge in [0.1, 0.15) is 11.2 Å². The van der Waals surface area contributed by atoms with Gasteiger partial charge in [-0.1, -0.05) is 31.9 Å². The molecule has 0 fully saturated rings. The van der Waals surface area contributed by atoms with Crippen LogP contribution in [0.5, 0.6) is 0 Å². The van der Waals surface area contributed by atoms with Crippen LogP contribution in [0.4, 0.5) is 17.6 Å². The van der Waals surface area contributed by atoms with Crippen molar-refractivity contribution in [1.29, 1.82) is 0 Å². The van der Waals surface area contributed by atoms with Crippen LogP contribution >= 0.6 is 31.9 Å². The second kappa shape index (κ2) is 5.89. The number of hydrogen-bond acceptors (Lipinski definition) is 2. The predicted molar refractivity (Wildman–Crippen MR) is 48.2 cm³/mol. The monoisotopic (exact) mass is 344 g/mol. The van der Waals surface area contributed by atoms with E-state index in [9.17, 15) is 22.4 Å². The van der Waals surface area contributed by atoms with Crippen LogP contribution in [0.25, 0.3) is 0 Å². The third-order valence-electron chi connectivity index (χ3n) is 1.03. The number of esters is 1. The Kier molecular flexibility index (Phi) is 5.96. The van der Waals surface area contributed by atoms with Gasteiger partial charge in [-0.05, 0) is 0 Å². The zero-order valence-corrected chi connectivity index (χ0v) is 9.83. The Morgan fingerprint density at radius 3 is 2.29 bits per heavy atom. The molecule has 0 N–H and O–H groups in total. The average molecular weight is 346 g/mol. The molecule has 0 bridgehead atoms. The molecule has 8 heteroatoms. The Balaban J connectivity index is 3.95. The molecule has 0 spiro atoms. The van der Waals surface area contributed by atoms with Crippen LogP contribution in [-0.2, 0) is 9.53 Å². The van der Waals surface area contributed by atoms with Crippen molar-refractivity contribution in [2.75, 3.05) is 5.33 Å². The van der Waals surface area contributed by atoms with Crippen LogP contribution in [0.2, 0.25) is 0 Å². The van der Waals surface area contributed by atoms with Crippen LogP contribution < -0.4 is 0 Å². The maximum atomic E-state index is 12.4. The number of carbonyl (C=O) groups is 1. The van der Waals surface area contributed by atoms with Gasteiger partial charge in [0.2, 0.25) is 6.36 Å². The Morgan fingerprint density at radius 1 is 1.43 bits per heavy atom. The standard InChI is InChI=1S/C6H6Br2F4O2/c7-2-3(8)5(13)14-4(9)1-6(10,11)12/h3-4H,1-2H2. The quantitative estimate of drug-likeness (QED) is 0.445. The van der Waals surface area contributed by atoms with Crippen LogP contribution in [0.3, 0.4) is 0 Å². The van der Waals surface area contributed by atoms with Gasteiger partial charge in [0.25, 0.3) is 0 Å². The third kappa shape index (κ3) is 6.58. The topological polar surface area (TPSA) is 26.3 Å². The van der Waals surface area contributed by atoms with E-state index >= 15 is 0 Å². The Morgan fingerprint density at radius 2 is 1.93 bits per heavy atom. The molecule has 0 saturated carbocycles. The lowest BCUT2D eigenvalue weighted by atomic mass is 10.4. The van der Waals surface area contributed by atoms with Gasteiger partial charge in [-0.15, -0.1) is 0 Å². The SMILES string of the molecule is O=C(OC(F)CC(F)(F)F)C(Br)CBr. The summed E-state index contributed by atoms with van der Waals surface area (Å²) in [6, 6.07) is 0. The van der Waals surface area contributed by atoms with E-state index < -0.39 is 29.8 Å².